The number of nitro groups is 1. The predicted molar refractivity (Wildman–Crippen MR) is 67.2 cm³/mol. The summed E-state index contributed by atoms with van der Waals surface area (Å²) in [6, 6.07) is 1.47. The van der Waals surface area contributed by atoms with Crippen LogP contribution >= 0.6 is 0 Å². The highest BCUT2D eigenvalue weighted by molar-refractivity contribution is 5.81. The molecule has 2 N–H and O–H groups in total. The molecule has 0 spiro atoms. The third kappa shape index (κ3) is 4.36. The van der Waals surface area contributed by atoms with Crippen molar-refractivity contribution >= 4 is 17.3 Å². The highest BCUT2D eigenvalue weighted by atomic mass is 16.6. The van der Waals surface area contributed by atoms with E-state index < -0.39 is 4.92 Å². The summed E-state index contributed by atoms with van der Waals surface area (Å²) in [5.41, 5.74) is 0.142. The molecule has 18 heavy (non-hydrogen) atoms. The van der Waals surface area contributed by atoms with Gasteiger partial charge in [0, 0.05) is 12.7 Å². The highest BCUT2D eigenvalue weighted by Gasteiger charge is 2.13. The lowest BCUT2D eigenvalue weighted by Crippen LogP contribution is -2.32. The van der Waals surface area contributed by atoms with Gasteiger partial charge in [-0.15, -0.1) is 0 Å². The van der Waals surface area contributed by atoms with Crippen molar-refractivity contribution < 1.29 is 9.72 Å². The minimum atomic E-state index is -0.540. The fourth-order valence-electron chi connectivity index (χ4n) is 1.24. The summed E-state index contributed by atoms with van der Waals surface area (Å²) in [5.74, 6) is 0.166. The van der Waals surface area contributed by atoms with Crippen molar-refractivity contribution in [2.45, 2.75) is 13.8 Å². The number of anilines is 1. The van der Waals surface area contributed by atoms with Crippen molar-refractivity contribution in [2.24, 2.45) is 5.92 Å². The number of amides is 1. The van der Waals surface area contributed by atoms with E-state index in [0.29, 0.717) is 12.5 Å². The Morgan fingerprint density at radius 3 is 2.89 bits per heavy atom. The molecule has 98 valence electrons. The Morgan fingerprint density at radius 1 is 1.56 bits per heavy atom. The van der Waals surface area contributed by atoms with E-state index in [2.05, 4.69) is 15.6 Å². The smallest absolute Gasteiger partial charge is 0.310 e. The third-order valence-corrected chi connectivity index (χ3v) is 2.14. The Balaban J connectivity index is 2.53. The summed E-state index contributed by atoms with van der Waals surface area (Å²) >= 11 is 0. The van der Waals surface area contributed by atoms with Gasteiger partial charge in [-0.1, -0.05) is 13.8 Å². The average molecular weight is 252 g/mol. The van der Waals surface area contributed by atoms with Gasteiger partial charge in [0.1, 0.15) is 11.9 Å². The first-order valence-corrected chi connectivity index (χ1v) is 5.59. The second-order valence-corrected chi connectivity index (χ2v) is 4.20. The summed E-state index contributed by atoms with van der Waals surface area (Å²) in [6.45, 7) is 4.55. The molecular weight excluding hydrogens is 236 g/mol. The van der Waals surface area contributed by atoms with Crippen molar-refractivity contribution in [1.82, 2.24) is 10.3 Å². The van der Waals surface area contributed by atoms with Crippen molar-refractivity contribution in [2.75, 3.05) is 18.4 Å². The maximum atomic E-state index is 11.4. The molecule has 0 bridgehead atoms. The number of pyridine rings is 1. The fraction of sp³-hybridized carbons (Fsp3) is 0.455. The van der Waals surface area contributed by atoms with Gasteiger partial charge in [-0.05, 0) is 12.0 Å². The number of hydrogen-bond acceptors (Lipinski definition) is 5. The lowest BCUT2D eigenvalue weighted by Gasteiger charge is -2.09. The van der Waals surface area contributed by atoms with Crippen molar-refractivity contribution in [3.63, 3.8) is 0 Å². The molecule has 1 rings (SSSR count). The quantitative estimate of drug-likeness (QED) is 0.585. The van der Waals surface area contributed by atoms with Crippen LogP contribution < -0.4 is 10.6 Å². The largest absolute Gasteiger partial charge is 0.370 e. The van der Waals surface area contributed by atoms with Crippen LogP contribution in [0.3, 0.4) is 0 Å². The lowest BCUT2D eigenvalue weighted by atomic mass is 10.2. The number of nitrogens with zero attached hydrogens (tertiary/aromatic N) is 2. The monoisotopic (exact) mass is 252 g/mol. The topological polar surface area (TPSA) is 97.2 Å². The maximum Gasteiger partial charge on any atom is 0.310 e. The maximum absolute atomic E-state index is 11.4. The van der Waals surface area contributed by atoms with Crippen LogP contribution in [0.15, 0.2) is 18.5 Å². The Hall–Kier alpha value is -2.18. The zero-order valence-corrected chi connectivity index (χ0v) is 10.3. The SMILES string of the molecule is CC(C)CNC(=O)CNc1ccncc1[N+](=O)[O-]. The zero-order valence-electron chi connectivity index (χ0n) is 10.3. The van der Waals surface area contributed by atoms with E-state index in [9.17, 15) is 14.9 Å². The fourth-order valence-corrected chi connectivity index (χ4v) is 1.24. The summed E-state index contributed by atoms with van der Waals surface area (Å²) in [5, 5.41) is 16.1. The Bertz CT molecular complexity index is 434. The van der Waals surface area contributed by atoms with E-state index in [-0.39, 0.29) is 23.8 Å². The van der Waals surface area contributed by atoms with Crippen LogP contribution in [-0.4, -0.2) is 28.9 Å². The molecule has 1 heterocycles. The van der Waals surface area contributed by atoms with Gasteiger partial charge < -0.3 is 10.6 Å². The molecule has 0 aliphatic carbocycles. The van der Waals surface area contributed by atoms with E-state index in [1.54, 1.807) is 0 Å². The first kappa shape index (κ1) is 13.9. The van der Waals surface area contributed by atoms with Crippen LogP contribution in [0.25, 0.3) is 0 Å². The van der Waals surface area contributed by atoms with Crippen LogP contribution in [-0.2, 0) is 4.79 Å². The van der Waals surface area contributed by atoms with Gasteiger partial charge in [0.05, 0.1) is 11.5 Å². The number of rotatable bonds is 6. The first-order valence-electron chi connectivity index (χ1n) is 5.59. The second-order valence-electron chi connectivity index (χ2n) is 4.20. The third-order valence-electron chi connectivity index (χ3n) is 2.14. The first-order chi connectivity index (χ1) is 8.50. The van der Waals surface area contributed by atoms with E-state index >= 15 is 0 Å². The molecule has 7 nitrogen and oxygen atoms in total. The molecule has 7 heteroatoms. The van der Waals surface area contributed by atoms with Gasteiger partial charge in [0.25, 0.3) is 0 Å². The van der Waals surface area contributed by atoms with Gasteiger partial charge in [0.2, 0.25) is 5.91 Å². The number of carbonyl (C=O) groups is 1. The minimum absolute atomic E-state index is 0.00241. The Labute approximate surface area is 105 Å². The molecule has 0 atom stereocenters. The van der Waals surface area contributed by atoms with E-state index in [1.165, 1.54) is 12.3 Å². The summed E-state index contributed by atoms with van der Waals surface area (Å²) < 4.78 is 0. The van der Waals surface area contributed by atoms with Crippen molar-refractivity contribution in [3.05, 3.63) is 28.6 Å². The van der Waals surface area contributed by atoms with Crippen molar-refractivity contribution in [3.8, 4) is 0 Å². The Morgan fingerprint density at radius 2 is 2.28 bits per heavy atom. The van der Waals surface area contributed by atoms with Gasteiger partial charge in [-0.2, -0.15) is 0 Å². The molecule has 0 saturated heterocycles. The molecule has 1 amide bonds. The van der Waals surface area contributed by atoms with E-state index in [1.807, 2.05) is 13.8 Å². The van der Waals surface area contributed by atoms with Gasteiger partial charge in [-0.3, -0.25) is 19.9 Å². The molecule has 0 aliphatic rings. The molecule has 0 radical (unpaired) electrons. The van der Waals surface area contributed by atoms with E-state index in [4.69, 9.17) is 0 Å². The average Bonchev–Trinajstić information content (AvgIpc) is 2.34. The van der Waals surface area contributed by atoms with E-state index in [0.717, 1.165) is 6.20 Å². The minimum Gasteiger partial charge on any atom is -0.370 e. The molecule has 0 aliphatic heterocycles. The van der Waals surface area contributed by atoms with Crippen LogP contribution in [0.2, 0.25) is 0 Å². The predicted octanol–water partition coefficient (Wildman–Crippen LogP) is 1.17. The van der Waals surface area contributed by atoms with Crippen LogP contribution in [0.4, 0.5) is 11.4 Å². The summed E-state index contributed by atoms with van der Waals surface area (Å²) in [6.07, 6.45) is 2.58. The van der Waals surface area contributed by atoms with Gasteiger partial charge >= 0.3 is 5.69 Å². The molecule has 0 aromatic carbocycles. The van der Waals surface area contributed by atoms with Crippen LogP contribution in [0.5, 0.6) is 0 Å². The number of nitrogens with one attached hydrogen (secondary N) is 2. The van der Waals surface area contributed by atoms with Gasteiger partial charge in [0.15, 0.2) is 0 Å². The number of carbonyl (C=O) groups excluding carboxylic acids is 1. The molecule has 0 unspecified atom stereocenters. The normalized spacial score (nSPS) is 10.2. The van der Waals surface area contributed by atoms with Crippen LogP contribution in [0.1, 0.15) is 13.8 Å². The molecule has 0 fully saturated rings. The van der Waals surface area contributed by atoms with Crippen LogP contribution in [0, 0.1) is 16.0 Å². The molecule has 0 saturated carbocycles. The zero-order chi connectivity index (χ0) is 13.5. The summed E-state index contributed by atoms with van der Waals surface area (Å²) in [7, 11) is 0. The highest BCUT2D eigenvalue weighted by Crippen LogP contribution is 2.21. The standard InChI is InChI=1S/C11H16N4O3/c1-8(2)5-14-11(16)7-13-9-3-4-12-6-10(9)15(17)18/h3-4,6,8H,5,7H2,1-2H3,(H,12,13)(H,14,16). The number of aromatic nitrogens is 1. The van der Waals surface area contributed by atoms with Crippen molar-refractivity contribution in [1.29, 1.82) is 0 Å². The van der Waals surface area contributed by atoms with Gasteiger partial charge in [-0.25, -0.2) is 0 Å². The summed E-state index contributed by atoms with van der Waals surface area (Å²) in [4.78, 5) is 25.3. The molecular formula is C11H16N4O3. The number of hydrogen-bond donors (Lipinski definition) is 2. The molecule has 1 aromatic heterocycles. The second kappa shape index (κ2) is 6.53. The molecule has 1 aromatic rings. The Kier molecular flexibility index (Phi) is 5.04. The lowest BCUT2D eigenvalue weighted by molar-refractivity contribution is -0.384.